The lowest BCUT2D eigenvalue weighted by Crippen LogP contribution is -2.32. The van der Waals surface area contributed by atoms with Crippen molar-refractivity contribution >= 4 is 29.1 Å². The SMILES string of the molecule is COc1ccc(C=Cc2ccnc3nc(N4CCCCC4)[nH]c(=O)c23)c(OC)c1. The van der Waals surface area contributed by atoms with Crippen molar-refractivity contribution in [3.05, 3.63) is 51.9 Å². The molecule has 3 heterocycles. The monoisotopic (exact) mass is 392 g/mol. The first-order chi connectivity index (χ1) is 14.2. The number of benzene rings is 1. The summed E-state index contributed by atoms with van der Waals surface area (Å²) >= 11 is 0. The summed E-state index contributed by atoms with van der Waals surface area (Å²) in [6.07, 6.45) is 8.91. The van der Waals surface area contributed by atoms with E-state index in [1.54, 1.807) is 20.4 Å². The van der Waals surface area contributed by atoms with Crippen molar-refractivity contribution in [2.24, 2.45) is 0 Å². The molecule has 2 aromatic heterocycles. The van der Waals surface area contributed by atoms with Gasteiger partial charge in [-0.3, -0.25) is 9.78 Å². The predicted molar refractivity (Wildman–Crippen MR) is 115 cm³/mol. The molecule has 0 aliphatic carbocycles. The lowest BCUT2D eigenvalue weighted by molar-refractivity contribution is 0.394. The maximum Gasteiger partial charge on any atom is 0.262 e. The number of aromatic nitrogens is 3. The number of fused-ring (bicyclic) bond motifs is 1. The Morgan fingerprint density at radius 1 is 1.03 bits per heavy atom. The largest absolute Gasteiger partial charge is 0.497 e. The summed E-state index contributed by atoms with van der Waals surface area (Å²) in [6.45, 7) is 1.82. The molecule has 1 N–H and O–H groups in total. The van der Waals surface area contributed by atoms with E-state index in [4.69, 9.17) is 9.47 Å². The van der Waals surface area contributed by atoms with Crippen LogP contribution in [0, 0.1) is 0 Å². The number of piperidine rings is 1. The van der Waals surface area contributed by atoms with Crippen molar-refractivity contribution in [2.45, 2.75) is 19.3 Å². The van der Waals surface area contributed by atoms with E-state index in [1.165, 1.54) is 6.42 Å². The summed E-state index contributed by atoms with van der Waals surface area (Å²) in [5.74, 6) is 2.02. The van der Waals surface area contributed by atoms with Crippen LogP contribution >= 0.6 is 0 Å². The first kappa shape index (κ1) is 19.0. The van der Waals surface area contributed by atoms with E-state index in [9.17, 15) is 4.79 Å². The Labute approximate surface area is 169 Å². The minimum atomic E-state index is -0.176. The van der Waals surface area contributed by atoms with Gasteiger partial charge in [0.1, 0.15) is 11.5 Å². The van der Waals surface area contributed by atoms with Crippen LogP contribution in [0.25, 0.3) is 23.2 Å². The van der Waals surface area contributed by atoms with Crippen molar-refractivity contribution in [1.82, 2.24) is 15.0 Å². The highest BCUT2D eigenvalue weighted by molar-refractivity contribution is 5.88. The lowest BCUT2D eigenvalue weighted by Gasteiger charge is -2.26. The molecule has 150 valence electrons. The number of hydrogen-bond donors (Lipinski definition) is 1. The summed E-state index contributed by atoms with van der Waals surface area (Å²) < 4.78 is 10.7. The Bertz CT molecular complexity index is 1100. The maximum absolute atomic E-state index is 12.8. The number of hydrogen-bond acceptors (Lipinski definition) is 6. The summed E-state index contributed by atoms with van der Waals surface area (Å²) in [5, 5.41) is 0.483. The second-order valence-electron chi connectivity index (χ2n) is 6.98. The van der Waals surface area contributed by atoms with Crippen LogP contribution in [0.5, 0.6) is 11.5 Å². The first-order valence-electron chi connectivity index (χ1n) is 9.73. The molecule has 1 fully saturated rings. The summed E-state index contributed by atoms with van der Waals surface area (Å²) in [5.41, 5.74) is 1.92. The van der Waals surface area contributed by atoms with Gasteiger partial charge in [-0.05, 0) is 43.0 Å². The second kappa shape index (κ2) is 8.34. The fraction of sp³-hybridized carbons (Fsp3) is 0.318. The third-order valence-electron chi connectivity index (χ3n) is 5.17. The van der Waals surface area contributed by atoms with E-state index < -0.39 is 0 Å². The van der Waals surface area contributed by atoms with Gasteiger partial charge in [0.05, 0.1) is 19.6 Å². The van der Waals surface area contributed by atoms with Gasteiger partial charge in [-0.25, -0.2) is 4.98 Å². The van der Waals surface area contributed by atoms with E-state index in [2.05, 4.69) is 19.9 Å². The number of methoxy groups -OCH3 is 2. The Morgan fingerprint density at radius 3 is 2.59 bits per heavy atom. The number of aromatic amines is 1. The van der Waals surface area contributed by atoms with Crippen molar-refractivity contribution in [1.29, 1.82) is 0 Å². The molecule has 1 saturated heterocycles. The Balaban J connectivity index is 1.71. The third-order valence-corrected chi connectivity index (χ3v) is 5.17. The highest BCUT2D eigenvalue weighted by Crippen LogP contribution is 2.27. The van der Waals surface area contributed by atoms with Crippen molar-refractivity contribution in [3.8, 4) is 11.5 Å². The highest BCUT2D eigenvalue weighted by atomic mass is 16.5. The number of anilines is 1. The summed E-state index contributed by atoms with van der Waals surface area (Å²) in [7, 11) is 3.23. The second-order valence-corrected chi connectivity index (χ2v) is 6.98. The van der Waals surface area contributed by atoms with E-state index >= 15 is 0 Å². The van der Waals surface area contributed by atoms with Crippen molar-refractivity contribution in [3.63, 3.8) is 0 Å². The van der Waals surface area contributed by atoms with Crippen LogP contribution in [0.1, 0.15) is 30.4 Å². The number of nitrogens with one attached hydrogen (secondary N) is 1. The molecule has 29 heavy (non-hydrogen) atoms. The highest BCUT2D eigenvalue weighted by Gasteiger charge is 2.16. The van der Waals surface area contributed by atoms with Crippen LogP contribution in [0.4, 0.5) is 5.95 Å². The van der Waals surface area contributed by atoms with Crippen LogP contribution in [0.3, 0.4) is 0 Å². The molecular weight excluding hydrogens is 368 g/mol. The molecular formula is C22H24N4O3. The minimum Gasteiger partial charge on any atom is -0.497 e. The topological polar surface area (TPSA) is 80.3 Å². The average molecular weight is 392 g/mol. The van der Waals surface area contributed by atoms with Gasteiger partial charge in [0, 0.05) is 30.9 Å². The van der Waals surface area contributed by atoms with E-state index in [0.717, 1.165) is 42.8 Å². The normalized spacial score (nSPS) is 14.5. The average Bonchev–Trinajstić information content (AvgIpc) is 2.77. The van der Waals surface area contributed by atoms with Gasteiger partial charge in [0.15, 0.2) is 5.65 Å². The number of rotatable bonds is 5. The smallest absolute Gasteiger partial charge is 0.262 e. The zero-order valence-corrected chi connectivity index (χ0v) is 16.6. The van der Waals surface area contributed by atoms with Gasteiger partial charge >= 0.3 is 0 Å². The molecule has 1 aliphatic heterocycles. The molecule has 4 rings (SSSR count). The van der Waals surface area contributed by atoms with Gasteiger partial charge in [-0.15, -0.1) is 0 Å². The van der Waals surface area contributed by atoms with Gasteiger partial charge in [-0.2, -0.15) is 4.98 Å². The molecule has 0 unspecified atom stereocenters. The summed E-state index contributed by atoms with van der Waals surface area (Å²) in [6, 6.07) is 7.41. The van der Waals surface area contributed by atoms with Crippen molar-refractivity contribution < 1.29 is 9.47 Å². The molecule has 7 heteroatoms. The van der Waals surface area contributed by atoms with Gasteiger partial charge in [0.2, 0.25) is 5.95 Å². The first-order valence-corrected chi connectivity index (χ1v) is 9.73. The quantitative estimate of drug-likeness (QED) is 0.716. The number of nitrogens with zero attached hydrogens (tertiary/aromatic N) is 3. The molecule has 3 aromatic rings. The van der Waals surface area contributed by atoms with Crippen LogP contribution in [0.2, 0.25) is 0 Å². The van der Waals surface area contributed by atoms with E-state index in [1.807, 2.05) is 36.4 Å². The molecule has 0 radical (unpaired) electrons. The molecule has 7 nitrogen and oxygen atoms in total. The minimum absolute atomic E-state index is 0.176. The molecule has 0 spiro atoms. The summed E-state index contributed by atoms with van der Waals surface area (Å²) in [4.78, 5) is 26.9. The maximum atomic E-state index is 12.8. The zero-order chi connectivity index (χ0) is 20.2. The number of H-pyrrole nitrogens is 1. The molecule has 0 bridgehead atoms. The Hall–Kier alpha value is -3.35. The van der Waals surface area contributed by atoms with Gasteiger partial charge in [0.25, 0.3) is 5.56 Å². The van der Waals surface area contributed by atoms with Gasteiger partial charge in [-0.1, -0.05) is 12.2 Å². The number of ether oxygens (including phenoxy) is 2. The van der Waals surface area contributed by atoms with E-state index in [0.29, 0.717) is 22.7 Å². The predicted octanol–water partition coefficient (Wildman–Crippen LogP) is 3.50. The van der Waals surface area contributed by atoms with E-state index in [-0.39, 0.29) is 5.56 Å². The molecule has 0 saturated carbocycles. The van der Waals surface area contributed by atoms with Crippen LogP contribution in [-0.2, 0) is 0 Å². The van der Waals surface area contributed by atoms with Crippen LogP contribution in [-0.4, -0.2) is 42.3 Å². The van der Waals surface area contributed by atoms with Crippen LogP contribution < -0.4 is 19.9 Å². The Morgan fingerprint density at radius 2 is 1.83 bits per heavy atom. The zero-order valence-electron chi connectivity index (χ0n) is 16.6. The third kappa shape index (κ3) is 3.94. The fourth-order valence-electron chi connectivity index (χ4n) is 3.60. The molecule has 0 atom stereocenters. The standard InChI is InChI=1S/C22H24N4O3/c1-28-17-9-8-15(18(14-17)29-2)6-7-16-10-11-23-20-19(16)21(27)25-22(24-20)26-12-4-3-5-13-26/h6-11,14H,3-5,12-13H2,1-2H3,(H,23,24,25,27). The lowest BCUT2D eigenvalue weighted by atomic mass is 10.1. The molecule has 1 aliphatic rings. The fourth-order valence-corrected chi connectivity index (χ4v) is 3.60. The van der Waals surface area contributed by atoms with Crippen LogP contribution in [0.15, 0.2) is 35.3 Å². The number of pyridine rings is 1. The Kier molecular flexibility index (Phi) is 5.46. The molecule has 1 aromatic carbocycles. The van der Waals surface area contributed by atoms with Gasteiger partial charge < -0.3 is 14.4 Å². The molecule has 0 amide bonds. The van der Waals surface area contributed by atoms with Crippen molar-refractivity contribution in [2.75, 3.05) is 32.2 Å².